The molecule has 2 nitrogen and oxygen atoms in total. The van der Waals surface area contributed by atoms with Gasteiger partial charge in [0.2, 0.25) is 0 Å². The second-order valence-corrected chi connectivity index (χ2v) is 6.39. The monoisotopic (exact) mass is 366 g/mol. The number of ether oxygens (including phenoxy) is 2. The first kappa shape index (κ1) is 14.7. The van der Waals surface area contributed by atoms with Gasteiger partial charge in [-0.05, 0) is 36.2 Å². The minimum absolute atomic E-state index is 0.0635. The number of para-hydroxylation sites is 1. The summed E-state index contributed by atoms with van der Waals surface area (Å²) in [5.74, 6) is 2.27. The second-order valence-electron chi connectivity index (χ2n) is 5.21. The van der Waals surface area contributed by atoms with Crippen LogP contribution in [0.4, 0.5) is 0 Å². The zero-order chi connectivity index (χ0) is 14.8. The summed E-state index contributed by atoms with van der Waals surface area (Å²) in [5.41, 5.74) is 3.32. The van der Waals surface area contributed by atoms with Crippen LogP contribution in [0.15, 0.2) is 40.9 Å². The summed E-state index contributed by atoms with van der Waals surface area (Å²) in [4.78, 5) is 0. The van der Waals surface area contributed by atoms with E-state index in [1.807, 2.05) is 37.3 Å². The molecule has 110 valence electrons. The van der Waals surface area contributed by atoms with Gasteiger partial charge < -0.3 is 9.47 Å². The van der Waals surface area contributed by atoms with Crippen LogP contribution in [0, 0.1) is 6.92 Å². The van der Waals surface area contributed by atoms with Gasteiger partial charge in [0, 0.05) is 16.5 Å². The van der Waals surface area contributed by atoms with Crippen LogP contribution in [0.5, 0.6) is 11.5 Å². The molecule has 1 atom stereocenters. The zero-order valence-corrected chi connectivity index (χ0v) is 14.1. The Labute approximate surface area is 138 Å². The fourth-order valence-electron chi connectivity index (χ4n) is 2.63. The first-order valence-electron chi connectivity index (χ1n) is 6.89. The van der Waals surface area contributed by atoms with Crippen LogP contribution >= 0.6 is 27.5 Å². The molecule has 0 aliphatic carbocycles. The van der Waals surface area contributed by atoms with Crippen LogP contribution in [0.3, 0.4) is 0 Å². The van der Waals surface area contributed by atoms with Crippen molar-refractivity contribution < 1.29 is 9.47 Å². The van der Waals surface area contributed by atoms with Gasteiger partial charge in [0.25, 0.3) is 0 Å². The highest BCUT2D eigenvalue weighted by Gasteiger charge is 2.23. The molecule has 0 amide bonds. The Morgan fingerprint density at radius 2 is 2.14 bits per heavy atom. The predicted molar refractivity (Wildman–Crippen MR) is 88.5 cm³/mol. The number of halogens is 2. The van der Waals surface area contributed by atoms with Crippen LogP contribution in [0.2, 0.25) is 0 Å². The van der Waals surface area contributed by atoms with Gasteiger partial charge in [-0.15, -0.1) is 11.6 Å². The minimum Gasteiger partial charge on any atom is -0.489 e. The lowest BCUT2D eigenvalue weighted by Crippen LogP contribution is -2.23. The molecule has 21 heavy (non-hydrogen) atoms. The zero-order valence-electron chi connectivity index (χ0n) is 11.7. The van der Waals surface area contributed by atoms with E-state index in [9.17, 15) is 0 Å². The Morgan fingerprint density at radius 3 is 2.90 bits per heavy atom. The summed E-state index contributed by atoms with van der Waals surface area (Å²) in [6, 6.07) is 12.2. The molecule has 2 aromatic carbocycles. The third-order valence-electron chi connectivity index (χ3n) is 3.59. The summed E-state index contributed by atoms with van der Waals surface area (Å²) in [7, 11) is 0. The molecule has 0 spiro atoms. The van der Waals surface area contributed by atoms with Gasteiger partial charge >= 0.3 is 0 Å². The molecule has 0 bridgehead atoms. The molecule has 0 saturated heterocycles. The Morgan fingerprint density at radius 1 is 1.33 bits per heavy atom. The molecule has 1 aliphatic heterocycles. The van der Waals surface area contributed by atoms with Crippen LogP contribution in [0.1, 0.15) is 16.7 Å². The Hall–Kier alpha value is -1.19. The molecule has 1 unspecified atom stereocenters. The number of rotatable bonds is 4. The summed E-state index contributed by atoms with van der Waals surface area (Å²) in [6.45, 7) is 2.56. The van der Waals surface area contributed by atoms with Gasteiger partial charge in [-0.25, -0.2) is 0 Å². The highest BCUT2D eigenvalue weighted by molar-refractivity contribution is 9.10. The number of aryl methyl sites for hydroxylation is 1. The Kier molecular flexibility index (Phi) is 4.41. The van der Waals surface area contributed by atoms with Crippen LogP contribution in [-0.4, -0.2) is 12.7 Å². The highest BCUT2D eigenvalue weighted by atomic mass is 79.9. The number of hydrogen-bond acceptors (Lipinski definition) is 2. The fourth-order valence-corrected chi connectivity index (χ4v) is 3.45. The molecule has 2 aromatic rings. The second kappa shape index (κ2) is 6.29. The molecule has 0 saturated carbocycles. The SMILES string of the molecule is Cc1cc(Br)cc(CCl)c1OCC1Cc2ccccc2O1. The fraction of sp³-hybridized carbons (Fsp3) is 0.294. The molecule has 0 N–H and O–H groups in total. The average Bonchev–Trinajstić information content (AvgIpc) is 2.88. The van der Waals surface area contributed by atoms with E-state index in [1.165, 1.54) is 5.56 Å². The van der Waals surface area contributed by atoms with Gasteiger partial charge in [-0.3, -0.25) is 0 Å². The Balaban J connectivity index is 1.70. The third kappa shape index (κ3) is 3.19. The molecular formula is C17H16BrClO2. The molecule has 0 radical (unpaired) electrons. The number of alkyl halides is 1. The standard InChI is InChI=1S/C17H16BrClO2/c1-11-6-14(18)7-13(9-19)17(11)20-10-15-8-12-4-2-3-5-16(12)21-15/h2-7,15H,8-10H2,1H3. The predicted octanol–water partition coefficient (Wildman–Crippen LogP) is 4.88. The van der Waals surface area contributed by atoms with Gasteiger partial charge in [0.15, 0.2) is 0 Å². The molecule has 1 aliphatic rings. The van der Waals surface area contributed by atoms with Crippen molar-refractivity contribution in [1.82, 2.24) is 0 Å². The maximum absolute atomic E-state index is 6.01. The topological polar surface area (TPSA) is 18.5 Å². The molecule has 1 heterocycles. The summed E-state index contributed by atoms with van der Waals surface area (Å²) in [5, 5.41) is 0. The summed E-state index contributed by atoms with van der Waals surface area (Å²) >= 11 is 9.50. The molecule has 4 heteroatoms. The Bertz CT molecular complexity index is 632. The van der Waals surface area contributed by atoms with Gasteiger partial charge in [0.05, 0.1) is 5.88 Å². The van der Waals surface area contributed by atoms with E-state index in [1.54, 1.807) is 0 Å². The first-order valence-corrected chi connectivity index (χ1v) is 8.22. The van der Waals surface area contributed by atoms with E-state index in [4.69, 9.17) is 21.1 Å². The summed E-state index contributed by atoms with van der Waals surface area (Å²) < 4.78 is 12.9. The average molecular weight is 368 g/mol. The third-order valence-corrected chi connectivity index (χ3v) is 4.33. The van der Waals surface area contributed by atoms with Crippen LogP contribution in [0.25, 0.3) is 0 Å². The lowest BCUT2D eigenvalue weighted by atomic mass is 10.1. The van der Waals surface area contributed by atoms with Crippen LogP contribution < -0.4 is 9.47 Å². The van der Waals surface area contributed by atoms with E-state index >= 15 is 0 Å². The van der Waals surface area contributed by atoms with E-state index in [0.717, 1.165) is 33.5 Å². The first-order chi connectivity index (χ1) is 10.2. The van der Waals surface area contributed by atoms with Crippen molar-refractivity contribution in [2.24, 2.45) is 0 Å². The number of benzene rings is 2. The molecular weight excluding hydrogens is 352 g/mol. The van der Waals surface area contributed by atoms with Gasteiger partial charge in [-0.2, -0.15) is 0 Å². The lowest BCUT2D eigenvalue weighted by molar-refractivity contribution is 0.147. The molecule has 0 aromatic heterocycles. The molecule has 0 fully saturated rings. The largest absolute Gasteiger partial charge is 0.489 e. The van der Waals surface area contributed by atoms with Gasteiger partial charge in [-0.1, -0.05) is 34.1 Å². The quantitative estimate of drug-likeness (QED) is 0.717. The van der Waals surface area contributed by atoms with Crippen molar-refractivity contribution in [3.8, 4) is 11.5 Å². The van der Waals surface area contributed by atoms with Crippen molar-refractivity contribution in [2.75, 3.05) is 6.61 Å². The van der Waals surface area contributed by atoms with Crippen molar-refractivity contribution in [3.63, 3.8) is 0 Å². The number of hydrogen-bond donors (Lipinski definition) is 0. The normalized spacial score (nSPS) is 16.4. The number of fused-ring (bicyclic) bond motifs is 1. The maximum Gasteiger partial charge on any atom is 0.137 e. The van der Waals surface area contributed by atoms with Crippen molar-refractivity contribution in [3.05, 3.63) is 57.6 Å². The lowest BCUT2D eigenvalue weighted by Gasteiger charge is -2.16. The van der Waals surface area contributed by atoms with Crippen molar-refractivity contribution >= 4 is 27.5 Å². The highest BCUT2D eigenvalue weighted by Crippen LogP contribution is 2.32. The minimum atomic E-state index is 0.0635. The summed E-state index contributed by atoms with van der Waals surface area (Å²) in [6.07, 6.45) is 0.954. The van der Waals surface area contributed by atoms with Gasteiger partial charge in [0.1, 0.15) is 24.2 Å². The maximum atomic E-state index is 6.01. The van der Waals surface area contributed by atoms with Crippen molar-refractivity contribution in [1.29, 1.82) is 0 Å². The van der Waals surface area contributed by atoms with Crippen LogP contribution in [-0.2, 0) is 12.3 Å². The van der Waals surface area contributed by atoms with Crippen molar-refractivity contribution in [2.45, 2.75) is 25.3 Å². The van der Waals surface area contributed by atoms with E-state index < -0.39 is 0 Å². The smallest absolute Gasteiger partial charge is 0.137 e. The van der Waals surface area contributed by atoms with E-state index in [0.29, 0.717) is 12.5 Å². The van der Waals surface area contributed by atoms with E-state index in [2.05, 4.69) is 22.0 Å². The molecule has 3 rings (SSSR count). The van der Waals surface area contributed by atoms with E-state index in [-0.39, 0.29) is 6.10 Å².